The van der Waals surface area contributed by atoms with E-state index in [9.17, 15) is 0 Å². The Bertz CT molecular complexity index is 614. The van der Waals surface area contributed by atoms with E-state index in [1.807, 2.05) is 0 Å². The van der Waals surface area contributed by atoms with Crippen molar-refractivity contribution in [3.8, 4) is 0 Å². The van der Waals surface area contributed by atoms with Crippen molar-refractivity contribution in [2.45, 2.75) is 25.8 Å². The highest BCUT2D eigenvalue weighted by Gasteiger charge is 2.15. The summed E-state index contributed by atoms with van der Waals surface area (Å²) in [4.78, 5) is 16.2. The third kappa shape index (κ3) is 4.05. The Morgan fingerprint density at radius 2 is 2.05 bits per heavy atom. The topological polar surface area (TPSA) is 53.9 Å². The monoisotopic (exact) mass is 387 g/mol. The maximum atomic E-state index is 6.02. The van der Waals surface area contributed by atoms with Crippen LogP contribution in [-0.2, 0) is 6.54 Å². The lowest BCUT2D eigenvalue weighted by Gasteiger charge is -2.26. The molecule has 8 heteroatoms. The van der Waals surface area contributed by atoms with E-state index in [-0.39, 0.29) is 5.28 Å². The summed E-state index contributed by atoms with van der Waals surface area (Å²) >= 11 is 11.1. The van der Waals surface area contributed by atoms with Gasteiger partial charge in [0.2, 0.25) is 17.2 Å². The van der Waals surface area contributed by atoms with Crippen molar-refractivity contribution in [2.24, 2.45) is 0 Å². The molecule has 1 aliphatic rings. The standard InChI is InChI=1S/C13H15BrClN5S/c14-9-6-10(21-8-9)7-16-12-17-11(15)18-13(19-12)20-4-2-1-3-5-20/h6,8H,1-5,7H2,(H,16,17,18,19). The predicted molar refractivity (Wildman–Crippen MR) is 90.2 cm³/mol. The molecule has 2 aromatic heterocycles. The molecule has 0 spiro atoms. The smallest absolute Gasteiger partial charge is 0.231 e. The fraction of sp³-hybridized carbons (Fsp3) is 0.462. The van der Waals surface area contributed by atoms with Crippen LogP contribution in [0.2, 0.25) is 5.28 Å². The minimum Gasteiger partial charge on any atom is -0.349 e. The van der Waals surface area contributed by atoms with Gasteiger partial charge in [-0.05, 0) is 52.9 Å². The molecule has 21 heavy (non-hydrogen) atoms. The average molecular weight is 389 g/mol. The van der Waals surface area contributed by atoms with Crippen LogP contribution in [-0.4, -0.2) is 28.0 Å². The van der Waals surface area contributed by atoms with Gasteiger partial charge in [0.1, 0.15) is 0 Å². The van der Waals surface area contributed by atoms with E-state index in [0.29, 0.717) is 18.4 Å². The Labute approximate surface area is 140 Å². The Morgan fingerprint density at radius 1 is 1.24 bits per heavy atom. The van der Waals surface area contributed by atoms with Crippen molar-refractivity contribution < 1.29 is 0 Å². The van der Waals surface area contributed by atoms with E-state index in [4.69, 9.17) is 11.6 Å². The highest BCUT2D eigenvalue weighted by molar-refractivity contribution is 9.10. The summed E-state index contributed by atoms with van der Waals surface area (Å²) in [5.41, 5.74) is 0. The van der Waals surface area contributed by atoms with Crippen molar-refractivity contribution >= 4 is 50.8 Å². The number of aromatic nitrogens is 3. The van der Waals surface area contributed by atoms with Gasteiger partial charge in [0.05, 0.1) is 6.54 Å². The third-order valence-electron chi connectivity index (χ3n) is 3.28. The van der Waals surface area contributed by atoms with Gasteiger partial charge in [0, 0.05) is 27.8 Å². The molecule has 1 aliphatic heterocycles. The molecule has 0 aliphatic carbocycles. The molecule has 2 aromatic rings. The molecule has 0 aromatic carbocycles. The highest BCUT2D eigenvalue weighted by Crippen LogP contribution is 2.22. The van der Waals surface area contributed by atoms with E-state index in [0.717, 1.165) is 17.6 Å². The molecule has 1 N–H and O–H groups in total. The first-order valence-electron chi connectivity index (χ1n) is 6.84. The second-order valence-corrected chi connectivity index (χ2v) is 7.11. The van der Waals surface area contributed by atoms with Crippen LogP contribution in [0.5, 0.6) is 0 Å². The Balaban J connectivity index is 1.71. The Kier molecular flexibility index (Phi) is 4.92. The molecule has 1 fully saturated rings. The first-order chi connectivity index (χ1) is 10.2. The van der Waals surface area contributed by atoms with Crippen LogP contribution in [0.25, 0.3) is 0 Å². The van der Waals surface area contributed by atoms with Gasteiger partial charge in [-0.25, -0.2) is 0 Å². The lowest BCUT2D eigenvalue weighted by atomic mass is 10.1. The van der Waals surface area contributed by atoms with Crippen molar-refractivity contribution in [1.82, 2.24) is 15.0 Å². The van der Waals surface area contributed by atoms with Crippen molar-refractivity contribution in [1.29, 1.82) is 0 Å². The Morgan fingerprint density at radius 3 is 2.76 bits per heavy atom. The predicted octanol–water partition coefficient (Wildman–Crippen LogP) is 3.95. The first-order valence-corrected chi connectivity index (χ1v) is 8.89. The SMILES string of the molecule is Clc1nc(NCc2cc(Br)cs2)nc(N2CCCCC2)n1. The molecule has 1 saturated heterocycles. The maximum absolute atomic E-state index is 6.02. The summed E-state index contributed by atoms with van der Waals surface area (Å²) < 4.78 is 1.09. The largest absolute Gasteiger partial charge is 0.349 e. The molecule has 0 radical (unpaired) electrons. The molecule has 0 unspecified atom stereocenters. The van der Waals surface area contributed by atoms with Gasteiger partial charge in [-0.15, -0.1) is 11.3 Å². The van der Waals surface area contributed by atoms with Crippen LogP contribution in [0.3, 0.4) is 0 Å². The van der Waals surface area contributed by atoms with Crippen molar-refractivity contribution in [2.75, 3.05) is 23.3 Å². The minimum absolute atomic E-state index is 0.237. The second-order valence-electron chi connectivity index (χ2n) is 4.86. The molecule has 3 heterocycles. The molecular weight excluding hydrogens is 374 g/mol. The second kappa shape index (κ2) is 6.89. The van der Waals surface area contributed by atoms with Crippen LogP contribution in [0.1, 0.15) is 24.1 Å². The van der Waals surface area contributed by atoms with E-state index >= 15 is 0 Å². The number of piperidine rings is 1. The minimum atomic E-state index is 0.237. The lowest BCUT2D eigenvalue weighted by Crippen LogP contribution is -2.31. The Hall–Kier alpha value is -0.920. The summed E-state index contributed by atoms with van der Waals surface area (Å²) in [6, 6.07) is 2.08. The quantitative estimate of drug-likeness (QED) is 0.859. The van der Waals surface area contributed by atoms with Crippen LogP contribution in [0.15, 0.2) is 15.9 Å². The van der Waals surface area contributed by atoms with Crippen molar-refractivity contribution in [3.63, 3.8) is 0 Å². The van der Waals surface area contributed by atoms with Gasteiger partial charge >= 0.3 is 0 Å². The normalized spacial score (nSPS) is 15.2. The van der Waals surface area contributed by atoms with Gasteiger partial charge in [-0.1, -0.05) is 0 Å². The van der Waals surface area contributed by atoms with Gasteiger partial charge in [0.15, 0.2) is 0 Å². The zero-order valence-corrected chi connectivity index (χ0v) is 14.5. The highest BCUT2D eigenvalue weighted by atomic mass is 79.9. The summed E-state index contributed by atoms with van der Waals surface area (Å²) in [6.45, 7) is 2.64. The fourth-order valence-electron chi connectivity index (χ4n) is 2.27. The number of nitrogens with one attached hydrogen (secondary N) is 1. The van der Waals surface area contributed by atoms with E-state index in [2.05, 4.69) is 52.5 Å². The molecule has 112 valence electrons. The maximum Gasteiger partial charge on any atom is 0.231 e. The molecule has 0 bridgehead atoms. The van der Waals surface area contributed by atoms with Gasteiger partial charge in [-0.3, -0.25) is 0 Å². The number of rotatable bonds is 4. The van der Waals surface area contributed by atoms with E-state index in [1.54, 1.807) is 11.3 Å². The van der Waals surface area contributed by atoms with E-state index < -0.39 is 0 Å². The summed E-state index contributed by atoms with van der Waals surface area (Å²) in [7, 11) is 0. The molecule has 0 saturated carbocycles. The molecule has 0 atom stereocenters. The zero-order valence-electron chi connectivity index (χ0n) is 11.4. The third-order valence-corrected chi connectivity index (χ3v) is 5.14. The van der Waals surface area contributed by atoms with Gasteiger partial charge < -0.3 is 10.2 Å². The number of hydrogen-bond donors (Lipinski definition) is 1. The van der Waals surface area contributed by atoms with Crippen LogP contribution in [0, 0.1) is 0 Å². The number of nitrogens with zero attached hydrogens (tertiary/aromatic N) is 4. The van der Waals surface area contributed by atoms with Crippen LogP contribution >= 0.6 is 38.9 Å². The molecule has 5 nitrogen and oxygen atoms in total. The van der Waals surface area contributed by atoms with Crippen LogP contribution in [0.4, 0.5) is 11.9 Å². The molecular formula is C13H15BrClN5S. The number of halogens is 2. The van der Waals surface area contributed by atoms with E-state index in [1.165, 1.54) is 24.1 Å². The number of thiophene rings is 1. The van der Waals surface area contributed by atoms with Gasteiger partial charge in [0.25, 0.3) is 0 Å². The molecule has 3 rings (SSSR count). The summed E-state index contributed by atoms with van der Waals surface area (Å²) in [6.07, 6.45) is 3.62. The average Bonchev–Trinajstić information content (AvgIpc) is 2.91. The first kappa shape index (κ1) is 15.0. The fourth-order valence-corrected chi connectivity index (χ4v) is 3.81. The number of hydrogen-bond acceptors (Lipinski definition) is 6. The van der Waals surface area contributed by atoms with Gasteiger partial charge in [-0.2, -0.15) is 15.0 Å². The number of anilines is 2. The zero-order chi connectivity index (χ0) is 14.7. The molecule has 0 amide bonds. The van der Waals surface area contributed by atoms with Crippen molar-refractivity contribution in [3.05, 3.63) is 26.1 Å². The summed E-state index contributed by atoms with van der Waals surface area (Å²) in [5.74, 6) is 1.20. The lowest BCUT2D eigenvalue weighted by molar-refractivity contribution is 0.567. The summed E-state index contributed by atoms with van der Waals surface area (Å²) in [5, 5.41) is 5.50. The van der Waals surface area contributed by atoms with Crippen LogP contribution < -0.4 is 10.2 Å².